The van der Waals surface area contributed by atoms with E-state index in [1.807, 2.05) is 43.3 Å². The third kappa shape index (κ3) is 5.42. The molecule has 0 aliphatic carbocycles. The van der Waals surface area contributed by atoms with E-state index >= 15 is 0 Å². The number of carbonyl (C=O) groups excluding carboxylic acids is 1. The van der Waals surface area contributed by atoms with E-state index in [1.54, 1.807) is 30.9 Å². The van der Waals surface area contributed by atoms with Crippen LogP contribution in [0, 0.1) is 20.8 Å². The van der Waals surface area contributed by atoms with Gasteiger partial charge in [-0.3, -0.25) is 9.36 Å². The Kier molecular flexibility index (Phi) is 7.83. The van der Waals surface area contributed by atoms with Crippen LogP contribution in [-0.2, 0) is 13.0 Å². The lowest BCUT2D eigenvalue weighted by Gasteiger charge is -2.34. The molecule has 0 saturated carbocycles. The standard InChI is InChI=1S/C33H36N4O4/c1-20-14-21(2)31(22(3)15-20)37(23(4)19-34-32(38)24-10-8-7-9-11-24)30-18-27-26-17-29(41-6)28(40-5)16-25(26)12-13-36(27)33(39)35-30/h7-11,14-18,23H,12-13,19H2,1-6H3,(H,34,38). The van der Waals surface area contributed by atoms with E-state index in [0.717, 1.165) is 39.2 Å². The molecule has 1 unspecified atom stereocenters. The maximum atomic E-state index is 13.5. The molecule has 0 bridgehead atoms. The van der Waals surface area contributed by atoms with Crippen LogP contribution in [0.2, 0.25) is 0 Å². The zero-order valence-corrected chi connectivity index (χ0v) is 24.4. The Morgan fingerprint density at radius 2 is 1.66 bits per heavy atom. The first-order valence-electron chi connectivity index (χ1n) is 13.8. The second-order valence-corrected chi connectivity index (χ2v) is 10.6. The second kappa shape index (κ2) is 11.5. The number of hydrogen-bond acceptors (Lipinski definition) is 6. The van der Waals surface area contributed by atoms with E-state index in [0.29, 0.717) is 42.4 Å². The highest BCUT2D eigenvalue weighted by atomic mass is 16.5. The van der Waals surface area contributed by atoms with Crippen LogP contribution >= 0.6 is 0 Å². The summed E-state index contributed by atoms with van der Waals surface area (Å²) in [4.78, 5) is 33.1. The average molecular weight is 553 g/mol. The summed E-state index contributed by atoms with van der Waals surface area (Å²) >= 11 is 0. The minimum Gasteiger partial charge on any atom is -0.493 e. The molecule has 1 aliphatic rings. The van der Waals surface area contributed by atoms with Gasteiger partial charge in [0.15, 0.2) is 11.5 Å². The SMILES string of the molecule is COc1cc2c(cc1OC)-c1cc(N(c3c(C)cc(C)cc3C)C(C)CNC(=O)c3ccccc3)nc(=O)n1CC2. The fraction of sp³-hybridized carbons (Fsp3) is 0.303. The molecule has 8 heteroatoms. The van der Waals surface area contributed by atoms with Gasteiger partial charge in [0.25, 0.3) is 5.91 Å². The van der Waals surface area contributed by atoms with E-state index in [-0.39, 0.29) is 17.6 Å². The Labute approximate surface area is 240 Å². The molecule has 4 aromatic rings. The van der Waals surface area contributed by atoms with Crippen molar-refractivity contribution in [1.29, 1.82) is 0 Å². The summed E-state index contributed by atoms with van der Waals surface area (Å²) in [5.74, 6) is 1.64. The number of nitrogens with one attached hydrogen (secondary N) is 1. The predicted octanol–water partition coefficient (Wildman–Crippen LogP) is 5.37. The average Bonchev–Trinajstić information content (AvgIpc) is 2.96. The van der Waals surface area contributed by atoms with Gasteiger partial charge in [-0.25, -0.2) is 4.79 Å². The lowest BCUT2D eigenvalue weighted by molar-refractivity contribution is 0.0951. The number of benzene rings is 3. The molecule has 0 fully saturated rings. The molecule has 212 valence electrons. The van der Waals surface area contributed by atoms with Crippen LogP contribution in [0.1, 0.15) is 39.5 Å². The van der Waals surface area contributed by atoms with E-state index in [9.17, 15) is 9.59 Å². The Morgan fingerprint density at radius 3 is 2.32 bits per heavy atom. The highest BCUT2D eigenvalue weighted by Gasteiger charge is 2.27. The highest BCUT2D eigenvalue weighted by Crippen LogP contribution is 2.40. The molecular weight excluding hydrogens is 516 g/mol. The van der Waals surface area contributed by atoms with Gasteiger partial charge in [0.1, 0.15) is 5.82 Å². The third-order valence-corrected chi connectivity index (χ3v) is 7.65. The number of amides is 1. The molecule has 8 nitrogen and oxygen atoms in total. The van der Waals surface area contributed by atoms with Crippen LogP contribution in [0.5, 0.6) is 11.5 Å². The van der Waals surface area contributed by atoms with Gasteiger partial charge < -0.3 is 19.7 Å². The van der Waals surface area contributed by atoms with Gasteiger partial charge in [-0.05, 0) is 75.1 Å². The van der Waals surface area contributed by atoms with Gasteiger partial charge in [0.2, 0.25) is 0 Å². The van der Waals surface area contributed by atoms with E-state index in [1.165, 1.54) is 0 Å². The summed E-state index contributed by atoms with van der Waals surface area (Å²) in [6.07, 6.45) is 0.686. The fourth-order valence-corrected chi connectivity index (χ4v) is 5.79. The number of methoxy groups -OCH3 is 2. The van der Waals surface area contributed by atoms with Crippen LogP contribution < -0.4 is 25.4 Å². The molecule has 1 N–H and O–H groups in total. The number of hydrogen-bond donors (Lipinski definition) is 1. The van der Waals surface area contributed by atoms with Crippen LogP contribution in [0.15, 0.2) is 65.5 Å². The van der Waals surface area contributed by atoms with Crippen LogP contribution in [0.3, 0.4) is 0 Å². The van der Waals surface area contributed by atoms with Gasteiger partial charge in [0, 0.05) is 36.0 Å². The van der Waals surface area contributed by atoms with Gasteiger partial charge in [-0.2, -0.15) is 4.98 Å². The summed E-state index contributed by atoms with van der Waals surface area (Å²) in [6.45, 7) is 9.10. The summed E-state index contributed by atoms with van der Waals surface area (Å²) in [7, 11) is 3.23. The Morgan fingerprint density at radius 1 is 1.00 bits per heavy atom. The summed E-state index contributed by atoms with van der Waals surface area (Å²) in [5, 5.41) is 3.07. The Hall–Kier alpha value is -4.59. The fourth-order valence-electron chi connectivity index (χ4n) is 5.79. The Balaban J connectivity index is 1.61. The van der Waals surface area contributed by atoms with Crippen molar-refractivity contribution in [2.75, 3.05) is 25.7 Å². The number of rotatable bonds is 8. The largest absolute Gasteiger partial charge is 0.493 e. The molecule has 0 spiro atoms. The maximum absolute atomic E-state index is 13.5. The normalized spacial score (nSPS) is 12.6. The van der Waals surface area contributed by atoms with Crippen molar-refractivity contribution in [3.63, 3.8) is 0 Å². The topological polar surface area (TPSA) is 85.7 Å². The highest BCUT2D eigenvalue weighted by molar-refractivity contribution is 5.94. The minimum absolute atomic E-state index is 0.150. The van der Waals surface area contributed by atoms with Gasteiger partial charge in [-0.1, -0.05) is 35.9 Å². The lowest BCUT2D eigenvalue weighted by atomic mass is 9.96. The molecule has 2 heterocycles. The quantitative estimate of drug-likeness (QED) is 0.317. The van der Waals surface area contributed by atoms with E-state index < -0.39 is 0 Å². The summed E-state index contributed by atoms with van der Waals surface area (Å²) in [6, 6.07) is 19.1. The first-order chi connectivity index (χ1) is 19.7. The predicted molar refractivity (Wildman–Crippen MR) is 162 cm³/mol. The maximum Gasteiger partial charge on any atom is 0.350 e. The molecule has 1 aromatic heterocycles. The first kappa shape index (κ1) is 28.0. The van der Waals surface area contributed by atoms with Gasteiger partial charge in [0.05, 0.1) is 26.0 Å². The Bertz CT molecular complexity index is 1640. The minimum atomic E-state index is -0.314. The number of nitrogens with zero attached hydrogens (tertiary/aromatic N) is 3. The van der Waals surface area contributed by atoms with E-state index in [4.69, 9.17) is 9.47 Å². The van der Waals surface area contributed by atoms with Crippen molar-refractivity contribution in [3.05, 3.63) is 99.0 Å². The molecule has 1 aliphatic heterocycles. The summed E-state index contributed by atoms with van der Waals surface area (Å²) in [5.41, 5.74) is 7.31. The number of aryl methyl sites for hydroxylation is 4. The first-order valence-corrected chi connectivity index (χ1v) is 13.8. The van der Waals surface area contributed by atoms with Crippen molar-refractivity contribution >= 4 is 17.4 Å². The number of carbonyl (C=O) groups is 1. The molecular formula is C33H36N4O4. The smallest absolute Gasteiger partial charge is 0.350 e. The molecule has 0 radical (unpaired) electrons. The van der Waals surface area contributed by atoms with Crippen molar-refractivity contribution in [1.82, 2.24) is 14.9 Å². The van der Waals surface area contributed by atoms with Crippen molar-refractivity contribution in [3.8, 4) is 22.8 Å². The van der Waals surface area contributed by atoms with Gasteiger partial charge in [-0.15, -0.1) is 0 Å². The van der Waals surface area contributed by atoms with Gasteiger partial charge >= 0.3 is 5.69 Å². The molecule has 0 saturated heterocycles. The number of aromatic nitrogens is 2. The van der Waals surface area contributed by atoms with Crippen LogP contribution in [0.25, 0.3) is 11.3 Å². The van der Waals surface area contributed by atoms with Crippen LogP contribution in [-0.4, -0.2) is 42.3 Å². The van der Waals surface area contributed by atoms with E-state index in [2.05, 4.69) is 48.1 Å². The molecule has 1 atom stereocenters. The number of ether oxygens (including phenoxy) is 2. The van der Waals surface area contributed by atoms with Crippen LogP contribution in [0.4, 0.5) is 11.5 Å². The van der Waals surface area contributed by atoms with Crippen molar-refractivity contribution < 1.29 is 14.3 Å². The zero-order valence-electron chi connectivity index (χ0n) is 24.4. The number of fused-ring (bicyclic) bond motifs is 3. The monoisotopic (exact) mass is 552 g/mol. The summed E-state index contributed by atoms with van der Waals surface area (Å²) < 4.78 is 12.8. The third-order valence-electron chi connectivity index (χ3n) is 7.65. The molecule has 3 aromatic carbocycles. The molecule has 1 amide bonds. The number of anilines is 2. The van der Waals surface area contributed by atoms with Crippen molar-refractivity contribution in [2.45, 2.75) is 46.7 Å². The lowest BCUT2D eigenvalue weighted by Crippen LogP contribution is -2.42. The second-order valence-electron chi connectivity index (χ2n) is 10.6. The van der Waals surface area contributed by atoms with Crippen molar-refractivity contribution in [2.24, 2.45) is 0 Å². The molecule has 5 rings (SSSR count). The zero-order chi connectivity index (χ0) is 29.3. The molecule has 41 heavy (non-hydrogen) atoms.